The fourth-order valence-corrected chi connectivity index (χ4v) is 2.30. The van der Waals surface area contributed by atoms with Crippen LogP contribution in [0.3, 0.4) is 0 Å². The van der Waals surface area contributed by atoms with Crippen molar-refractivity contribution in [3.05, 3.63) is 57.5 Å². The Balaban J connectivity index is 2.51. The van der Waals surface area contributed by atoms with Crippen LogP contribution in [0.2, 0.25) is 0 Å². The maximum Gasteiger partial charge on any atom is 0.137 e. The number of aryl methyl sites for hydroxylation is 1. The predicted octanol–water partition coefficient (Wildman–Crippen LogP) is 4.33. The summed E-state index contributed by atoms with van der Waals surface area (Å²) in [5, 5.41) is 3.11. The van der Waals surface area contributed by atoms with Crippen LogP contribution < -0.4 is 5.32 Å². The Kier molecular flexibility index (Phi) is 4.37. The van der Waals surface area contributed by atoms with Gasteiger partial charge in [-0.1, -0.05) is 6.92 Å². The van der Waals surface area contributed by atoms with Gasteiger partial charge in [-0.05, 0) is 53.2 Å². The molecule has 102 valence electrons. The highest BCUT2D eigenvalue weighted by molar-refractivity contribution is 9.10. The highest BCUT2D eigenvalue weighted by Gasteiger charge is 2.23. The topological polar surface area (TPSA) is 25.2 Å². The van der Waals surface area contributed by atoms with Gasteiger partial charge in [-0.25, -0.2) is 8.78 Å². The summed E-state index contributed by atoms with van der Waals surface area (Å²) in [7, 11) is 0. The van der Waals surface area contributed by atoms with Crippen molar-refractivity contribution in [3.63, 3.8) is 0 Å². The second kappa shape index (κ2) is 5.84. The molecule has 0 aliphatic rings. The van der Waals surface area contributed by atoms with E-state index in [0.29, 0.717) is 12.3 Å². The van der Waals surface area contributed by atoms with Crippen molar-refractivity contribution in [2.75, 3.05) is 6.54 Å². The van der Waals surface area contributed by atoms with Crippen molar-refractivity contribution in [1.29, 1.82) is 0 Å². The van der Waals surface area contributed by atoms with Crippen LogP contribution >= 0.6 is 15.9 Å². The van der Waals surface area contributed by atoms with Gasteiger partial charge in [0, 0.05) is 5.56 Å². The number of nitrogens with one attached hydrogen (secondary N) is 1. The third kappa shape index (κ3) is 2.87. The monoisotopic (exact) mass is 329 g/mol. The Morgan fingerprint density at radius 3 is 2.63 bits per heavy atom. The van der Waals surface area contributed by atoms with E-state index in [4.69, 9.17) is 4.42 Å². The van der Waals surface area contributed by atoms with E-state index in [2.05, 4.69) is 21.2 Å². The molecule has 0 spiro atoms. The van der Waals surface area contributed by atoms with Gasteiger partial charge in [-0.2, -0.15) is 0 Å². The minimum absolute atomic E-state index is 0.111. The van der Waals surface area contributed by atoms with E-state index in [1.54, 1.807) is 12.3 Å². The van der Waals surface area contributed by atoms with Crippen molar-refractivity contribution < 1.29 is 13.2 Å². The fraction of sp³-hybridized carbons (Fsp3) is 0.286. The van der Waals surface area contributed by atoms with Gasteiger partial charge in [0.1, 0.15) is 17.4 Å². The molecule has 2 nitrogen and oxygen atoms in total. The molecule has 1 unspecified atom stereocenters. The molecule has 0 aliphatic heterocycles. The number of halogens is 3. The van der Waals surface area contributed by atoms with Gasteiger partial charge in [-0.15, -0.1) is 0 Å². The van der Waals surface area contributed by atoms with Gasteiger partial charge in [0.25, 0.3) is 0 Å². The minimum atomic E-state index is -0.498. The summed E-state index contributed by atoms with van der Waals surface area (Å²) in [6.07, 6.45) is 1.54. The largest absolute Gasteiger partial charge is 0.467 e. The summed E-state index contributed by atoms with van der Waals surface area (Å²) >= 11 is 2.97. The van der Waals surface area contributed by atoms with E-state index in [0.717, 1.165) is 11.6 Å². The van der Waals surface area contributed by atoms with E-state index >= 15 is 0 Å². The average Bonchev–Trinajstić information content (AvgIpc) is 2.77. The third-order valence-corrected chi connectivity index (χ3v) is 3.53. The van der Waals surface area contributed by atoms with E-state index < -0.39 is 17.7 Å². The molecule has 2 aromatic rings. The van der Waals surface area contributed by atoms with Crippen LogP contribution in [0.25, 0.3) is 0 Å². The zero-order valence-electron chi connectivity index (χ0n) is 10.6. The maximum atomic E-state index is 14.0. The lowest BCUT2D eigenvalue weighted by molar-refractivity contribution is 0.437. The number of hydrogen-bond donors (Lipinski definition) is 1. The Morgan fingerprint density at radius 1 is 1.32 bits per heavy atom. The summed E-state index contributed by atoms with van der Waals surface area (Å²) in [4.78, 5) is 0. The molecule has 5 heteroatoms. The molecule has 19 heavy (non-hydrogen) atoms. The average molecular weight is 330 g/mol. The molecule has 0 aliphatic carbocycles. The number of benzene rings is 1. The normalized spacial score (nSPS) is 12.7. The van der Waals surface area contributed by atoms with Gasteiger partial charge in [0.05, 0.1) is 16.8 Å². The second-order valence-corrected chi connectivity index (χ2v) is 5.10. The Morgan fingerprint density at radius 2 is 2.05 bits per heavy atom. The molecular weight excluding hydrogens is 316 g/mol. The number of rotatable bonds is 4. The van der Waals surface area contributed by atoms with Gasteiger partial charge < -0.3 is 9.73 Å². The van der Waals surface area contributed by atoms with Crippen LogP contribution in [0.15, 0.2) is 33.4 Å². The molecule has 1 atom stereocenters. The molecule has 0 radical (unpaired) electrons. The zero-order valence-corrected chi connectivity index (χ0v) is 12.2. The summed E-state index contributed by atoms with van der Waals surface area (Å²) in [6, 6.07) is 3.62. The van der Waals surface area contributed by atoms with Crippen LogP contribution in [-0.4, -0.2) is 6.54 Å². The lowest BCUT2D eigenvalue weighted by Crippen LogP contribution is -2.23. The standard InChI is InChI=1S/C14H14BrF2NO/c1-3-18-13(14-8(2)4-5-19-14)9-6-12(17)10(15)7-11(9)16/h4-7,13,18H,3H2,1-2H3. The molecule has 1 aromatic heterocycles. The SMILES string of the molecule is CCNC(c1cc(F)c(Br)cc1F)c1occc1C. The molecule has 1 N–H and O–H groups in total. The molecule has 0 bridgehead atoms. The van der Waals surface area contributed by atoms with Crippen molar-refractivity contribution in [3.8, 4) is 0 Å². The van der Waals surface area contributed by atoms with Crippen molar-refractivity contribution >= 4 is 15.9 Å². The van der Waals surface area contributed by atoms with Crippen LogP contribution in [0.4, 0.5) is 8.78 Å². The van der Waals surface area contributed by atoms with E-state index in [1.165, 1.54) is 6.07 Å². The first kappa shape index (κ1) is 14.2. The molecule has 0 saturated heterocycles. The Bertz CT molecular complexity index is 583. The first-order valence-corrected chi connectivity index (χ1v) is 6.75. The van der Waals surface area contributed by atoms with Crippen molar-refractivity contribution in [2.45, 2.75) is 19.9 Å². The highest BCUT2D eigenvalue weighted by Crippen LogP contribution is 2.30. The van der Waals surface area contributed by atoms with Gasteiger partial charge in [0.2, 0.25) is 0 Å². The maximum absolute atomic E-state index is 14.0. The summed E-state index contributed by atoms with van der Waals surface area (Å²) in [5.74, 6) is -0.374. The van der Waals surface area contributed by atoms with E-state index in [1.807, 2.05) is 13.8 Å². The minimum Gasteiger partial charge on any atom is -0.467 e. The van der Waals surface area contributed by atoms with Gasteiger partial charge >= 0.3 is 0 Å². The van der Waals surface area contributed by atoms with Crippen molar-refractivity contribution in [2.24, 2.45) is 0 Å². The van der Waals surface area contributed by atoms with Crippen molar-refractivity contribution in [1.82, 2.24) is 5.32 Å². The van der Waals surface area contributed by atoms with Crippen LogP contribution in [-0.2, 0) is 0 Å². The van der Waals surface area contributed by atoms with E-state index in [9.17, 15) is 8.78 Å². The van der Waals surface area contributed by atoms with Crippen LogP contribution in [0, 0.1) is 18.6 Å². The Labute approximate surface area is 118 Å². The summed E-state index contributed by atoms with van der Waals surface area (Å²) in [6.45, 7) is 4.39. The predicted molar refractivity (Wildman–Crippen MR) is 73.0 cm³/mol. The van der Waals surface area contributed by atoms with Crippen LogP contribution in [0.5, 0.6) is 0 Å². The third-order valence-electron chi connectivity index (χ3n) is 2.92. The fourth-order valence-electron chi connectivity index (χ4n) is 1.99. The number of furan rings is 1. The molecule has 2 rings (SSSR count). The summed E-state index contributed by atoms with van der Waals surface area (Å²) < 4.78 is 33.2. The molecular formula is C14H14BrF2NO. The molecule has 0 saturated carbocycles. The quantitative estimate of drug-likeness (QED) is 0.844. The molecule has 0 amide bonds. The first-order valence-electron chi connectivity index (χ1n) is 5.96. The Hall–Kier alpha value is -1.20. The van der Waals surface area contributed by atoms with Crippen LogP contribution in [0.1, 0.15) is 29.9 Å². The summed E-state index contributed by atoms with van der Waals surface area (Å²) in [5.41, 5.74) is 1.13. The van der Waals surface area contributed by atoms with E-state index in [-0.39, 0.29) is 10.0 Å². The lowest BCUT2D eigenvalue weighted by Gasteiger charge is -2.18. The van der Waals surface area contributed by atoms with Gasteiger partial charge in [0.15, 0.2) is 0 Å². The first-order chi connectivity index (χ1) is 9.04. The molecule has 1 heterocycles. The smallest absolute Gasteiger partial charge is 0.137 e. The molecule has 1 aromatic carbocycles. The zero-order chi connectivity index (χ0) is 14.0. The second-order valence-electron chi connectivity index (χ2n) is 4.25. The lowest BCUT2D eigenvalue weighted by atomic mass is 10.0. The van der Waals surface area contributed by atoms with Gasteiger partial charge in [-0.3, -0.25) is 0 Å². The molecule has 0 fully saturated rings. The number of hydrogen-bond acceptors (Lipinski definition) is 2. The highest BCUT2D eigenvalue weighted by atomic mass is 79.9.